The van der Waals surface area contributed by atoms with E-state index in [9.17, 15) is 4.79 Å². The van der Waals surface area contributed by atoms with Crippen molar-refractivity contribution in [2.24, 2.45) is 0 Å². The first kappa shape index (κ1) is 9.63. The number of nitrogens with one attached hydrogen (secondary N) is 1. The van der Waals surface area contributed by atoms with Crippen LogP contribution in [0.4, 0.5) is 0 Å². The van der Waals surface area contributed by atoms with Crippen LogP contribution < -0.4 is 10.0 Å². The molecule has 0 saturated carbocycles. The summed E-state index contributed by atoms with van der Waals surface area (Å²) in [4.78, 5) is 10.4. The first-order valence-corrected chi connectivity index (χ1v) is 3.80. The zero-order valence-corrected chi connectivity index (χ0v) is 6.97. The largest absolute Gasteiger partial charge is 0.477 e. The van der Waals surface area contributed by atoms with Gasteiger partial charge in [-0.2, -0.15) is 10.0 Å². The topological polar surface area (TPSA) is 73.4 Å². The standard InChI is InChI=1S/C8H10N2O3/c11-8(12)6-10-4-2-1-3-7(10)5-9-13/h1-4,9,13H,5-6H2/p+1. The molecule has 0 atom stereocenters. The minimum absolute atomic E-state index is 0.0994. The van der Waals surface area contributed by atoms with Crippen molar-refractivity contribution in [2.45, 2.75) is 13.1 Å². The maximum atomic E-state index is 10.4. The number of rotatable bonds is 4. The molecule has 5 heteroatoms. The summed E-state index contributed by atoms with van der Waals surface area (Å²) in [5, 5.41) is 17.0. The second-order valence-electron chi connectivity index (χ2n) is 2.55. The Morgan fingerprint density at radius 1 is 1.54 bits per heavy atom. The third-order valence-corrected chi connectivity index (χ3v) is 1.60. The van der Waals surface area contributed by atoms with E-state index in [1.807, 2.05) is 5.48 Å². The normalized spacial score (nSPS) is 9.92. The van der Waals surface area contributed by atoms with Gasteiger partial charge < -0.3 is 10.3 Å². The molecule has 0 aliphatic rings. The minimum atomic E-state index is -0.907. The van der Waals surface area contributed by atoms with Crippen molar-refractivity contribution < 1.29 is 19.7 Å². The molecule has 0 aliphatic carbocycles. The van der Waals surface area contributed by atoms with Gasteiger partial charge in [0, 0.05) is 12.1 Å². The number of nitrogens with zero attached hydrogens (tertiary/aromatic N) is 1. The van der Waals surface area contributed by atoms with Crippen LogP contribution in [0.3, 0.4) is 0 Å². The fraction of sp³-hybridized carbons (Fsp3) is 0.250. The van der Waals surface area contributed by atoms with Crippen LogP contribution in [0.1, 0.15) is 5.69 Å². The molecular weight excluding hydrogens is 172 g/mol. The lowest BCUT2D eigenvalue weighted by atomic mass is 10.3. The summed E-state index contributed by atoms with van der Waals surface area (Å²) in [6, 6.07) is 5.26. The molecule has 0 aliphatic heterocycles. The molecule has 0 fully saturated rings. The van der Waals surface area contributed by atoms with E-state index in [4.69, 9.17) is 10.3 Å². The van der Waals surface area contributed by atoms with Gasteiger partial charge >= 0.3 is 5.97 Å². The summed E-state index contributed by atoms with van der Waals surface area (Å²) < 4.78 is 1.55. The van der Waals surface area contributed by atoms with Crippen molar-refractivity contribution in [1.29, 1.82) is 0 Å². The highest BCUT2D eigenvalue weighted by Gasteiger charge is 2.12. The molecule has 0 spiro atoms. The molecule has 0 saturated heterocycles. The predicted octanol–water partition coefficient (Wildman–Crippen LogP) is -0.463. The molecule has 0 bridgehead atoms. The number of carbonyl (C=O) groups is 1. The molecule has 1 heterocycles. The fourth-order valence-electron chi connectivity index (χ4n) is 1.05. The lowest BCUT2D eigenvalue weighted by molar-refractivity contribution is -0.693. The van der Waals surface area contributed by atoms with Crippen molar-refractivity contribution in [3.63, 3.8) is 0 Å². The van der Waals surface area contributed by atoms with Gasteiger partial charge in [-0.15, -0.1) is 0 Å². The second kappa shape index (κ2) is 4.54. The van der Waals surface area contributed by atoms with E-state index in [0.29, 0.717) is 5.69 Å². The highest BCUT2D eigenvalue weighted by molar-refractivity contribution is 5.64. The highest BCUT2D eigenvalue weighted by atomic mass is 16.5. The lowest BCUT2D eigenvalue weighted by Crippen LogP contribution is -2.42. The van der Waals surface area contributed by atoms with Crippen molar-refractivity contribution in [3.8, 4) is 0 Å². The third kappa shape index (κ3) is 2.81. The van der Waals surface area contributed by atoms with Gasteiger partial charge in [0.25, 0.3) is 0 Å². The number of carboxylic acid groups (broad SMARTS) is 1. The average Bonchev–Trinajstić information content (AvgIpc) is 2.08. The van der Waals surface area contributed by atoms with Crippen molar-refractivity contribution in [1.82, 2.24) is 5.48 Å². The van der Waals surface area contributed by atoms with Gasteiger partial charge in [0.2, 0.25) is 6.54 Å². The van der Waals surface area contributed by atoms with Gasteiger partial charge in [-0.1, -0.05) is 6.07 Å². The Morgan fingerprint density at radius 3 is 2.92 bits per heavy atom. The third-order valence-electron chi connectivity index (χ3n) is 1.60. The smallest absolute Gasteiger partial charge is 0.370 e. The molecule has 3 N–H and O–H groups in total. The van der Waals surface area contributed by atoms with Crippen molar-refractivity contribution in [3.05, 3.63) is 30.1 Å². The summed E-state index contributed by atoms with van der Waals surface area (Å²) >= 11 is 0. The van der Waals surface area contributed by atoms with Crippen molar-refractivity contribution in [2.75, 3.05) is 0 Å². The second-order valence-corrected chi connectivity index (χ2v) is 2.55. The molecule has 0 amide bonds. The van der Waals surface area contributed by atoms with E-state index in [0.717, 1.165) is 0 Å². The van der Waals surface area contributed by atoms with Crippen LogP contribution in [-0.4, -0.2) is 16.3 Å². The summed E-state index contributed by atoms with van der Waals surface area (Å²) in [6.07, 6.45) is 1.65. The van der Waals surface area contributed by atoms with Crippen LogP contribution in [-0.2, 0) is 17.9 Å². The Bertz CT molecular complexity index is 301. The van der Waals surface area contributed by atoms with Crippen LogP contribution in [0.2, 0.25) is 0 Å². The molecule has 0 aromatic carbocycles. The number of hydrogen-bond acceptors (Lipinski definition) is 3. The number of hydrogen-bond donors (Lipinski definition) is 3. The van der Waals surface area contributed by atoms with Gasteiger partial charge in [0.15, 0.2) is 11.9 Å². The van der Waals surface area contributed by atoms with Gasteiger partial charge in [0.05, 0.1) is 0 Å². The molecule has 1 aromatic rings. The van der Waals surface area contributed by atoms with E-state index in [1.165, 1.54) is 0 Å². The van der Waals surface area contributed by atoms with Crippen LogP contribution in [0.25, 0.3) is 0 Å². The molecule has 70 valence electrons. The number of aliphatic carboxylic acids is 1. The Kier molecular flexibility index (Phi) is 3.36. The summed E-state index contributed by atoms with van der Waals surface area (Å²) in [5.41, 5.74) is 2.70. The first-order chi connectivity index (χ1) is 6.24. The molecule has 5 nitrogen and oxygen atoms in total. The van der Waals surface area contributed by atoms with E-state index in [2.05, 4.69) is 0 Å². The minimum Gasteiger partial charge on any atom is -0.477 e. The summed E-state index contributed by atoms with van der Waals surface area (Å²) in [6.45, 7) is 0.131. The van der Waals surface area contributed by atoms with Crippen molar-refractivity contribution >= 4 is 5.97 Å². The molecule has 1 rings (SSSR count). The molecule has 0 radical (unpaired) electrons. The summed E-state index contributed by atoms with van der Waals surface area (Å²) in [7, 11) is 0. The van der Waals surface area contributed by atoms with E-state index < -0.39 is 5.97 Å². The SMILES string of the molecule is O=C(O)C[n+]1ccccc1CNO. The quantitative estimate of drug-likeness (QED) is 0.436. The first-order valence-electron chi connectivity index (χ1n) is 3.80. The Labute approximate surface area is 75.2 Å². The number of carboxylic acids is 1. The molecule has 13 heavy (non-hydrogen) atoms. The van der Waals surface area contributed by atoms with Gasteiger partial charge in [-0.25, -0.2) is 4.79 Å². The Hall–Kier alpha value is -1.46. The molecule has 0 unspecified atom stereocenters. The monoisotopic (exact) mass is 183 g/mol. The van der Waals surface area contributed by atoms with Crippen LogP contribution in [0.5, 0.6) is 0 Å². The van der Waals surface area contributed by atoms with Crippen LogP contribution in [0.15, 0.2) is 24.4 Å². The number of hydroxylamine groups is 1. The average molecular weight is 183 g/mol. The number of pyridine rings is 1. The number of aromatic nitrogens is 1. The van der Waals surface area contributed by atoms with Gasteiger partial charge in [-0.05, 0) is 0 Å². The van der Waals surface area contributed by atoms with Crippen LogP contribution in [0, 0.1) is 0 Å². The van der Waals surface area contributed by atoms with E-state index >= 15 is 0 Å². The van der Waals surface area contributed by atoms with Gasteiger partial charge in [-0.3, -0.25) is 0 Å². The Balaban J connectivity index is 2.84. The molecular formula is C8H11N2O3+. The predicted molar refractivity (Wildman–Crippen MR) is 42.9 cm³/mol. The van der Waals surface area contributed by atoms with E-state index in [1.54, 1.807) is 29.0 Å². The highest BCUT2D eigenvalue weighted by Crippen LogP contribution is 1.90. The van der Waals surface area contributed by atoms with Gasteiger partial charge in [0.1, 0.15) is 6.54 Å². The van der Waals surface area contributed by atoms with Crippen LogP contribution >= 0.6 is 0 Å². The summed E-state index contributed by atoms with van der Waals surface area (Å²) in [5.74, 6) is -0.907. The maximum absolute atomic E-state index is 10.4. The zero-order chi connectivity index (χ0) is 9.68. The van der Waals surface area contributed by atoms with E-state index in [-0.39, 0.29) is 13.1 Å². The zero-order valence-electron chi connectivity index (χ0n) is 6.97. The lowest BCUT2D eigenvalue weighted by Gasteiger charge is -1.99. The molecule has 1 aromatic heterocycles. The fourth-order valence-corrected chi connectivity index (χ4v) is 1.05. The maximum Gasteiger partial charge on any atom is 0.370 e. The Morgan fingerprint density at radius 2 is 2.31 bits per heavy atom.